The lowest BCUT2D eigenvalue weighted by atomic mass is 10.0. The van der Waals surface area contributed by atoms with E-state index < -0.39 is 0 Å². The monoisotopic (exact) mass is 254 g/mol. The average molecular weight is 254 g/mol. The Kier molecular flexibility index (Phi) is 5.37. The number of nitrogens with two attached hydrogens (primary N) is 1. The molecule has 0 radical (unpaired) electrons. The average Bonchev–Trinajstić information content (AvgIpc) is 2.44. The number of rotatable bonds is 7. The van der Waals surface area contributed by atoms with Crippen molar-refractivity contribution in [2.75, 3.05) is 20.8 Å². The van der Waals surface area contributed by atoms with Crippen LogP contribution in [0.15, 0.2) is 12.3 Å². The first-order chi connectivity index (χ1) is 8.60. The normalized spacial score (nSPS) is 14.1. The van der Waals surface area contributed by atoms with Gasteiger partial charge in [-0.25, -0.2) is 0 Å². The molecular formula is C13H22N2O3. The van der Waals surface area contributed by atoms with Gasteiger partial charge in [-0.2, -0.15) is 0 Å². The fourth-order valence-corrected chi connectivity index (χ4v) is 1.50. The molecule has 0 aromatic carbocycles. The van der Waals surface area contributed by atoms with Gasteiger partial charge in [0.2, 0.25) is 0 Å². The molecule has 18 heavy (non-hydrogen) atoms. The molecule has 0 aliphatic rings. The summed E-state index contributed by atoms with van der Waals surface area (Å²) in [6.45, 7) is 4.85. The van der Waals surface area contributed by atoms with Crippen molar-refractivity contribution in [2.24, 2.45) is 5.73 Å². The second kappa shape index (κ2) is 6.56. The van der Waals surface area contributed by atoms with Gasteiger partial charge in [-0.1, -0.05) is 6.92 Å². The Balaban J connectivity index is 2.84. The third-order valence-corrected chi connectivity index (χ3v) is 3.10. The molecule has 102 valence electrons. The van der Waals surface area contributed by atoms with Crippen molar-refractivity contribution < 1.29 is 14.2 Å². The topological polar surface area (TPSA) is 66.6 Å². The van der Waals surface area contributed by atoms with Crippen LogP contribution in [0.4, 0.5) is 0 Å². The number of aromatic nitrogens is 1. The van der Waals surface area contributed by atoms with Crippen LogP contribution in [0.25, 0.3) is 0 Å². The van der Waals surface area contributed by atoms with Crippen LogP contribution in [-0.4, -0.2) is 31.3 Å². The van der Waals surface area contributed by atoms with Crippen molar-refractivity contribution in [1.29, 1.82) is 0 Å². The predicted octanol–water partition coefficient (Wildman–Crippen LogP) is 1.74. The van der Waals surface area contributed by atoms with Gasteiger partial charge in [-0.3, -0.25) is 4.98 Å². The number of ether oxygens (including phenoxy) is 3. The molecule has 5 heteroatoms. The Morgan fingerprint density at radius 1 is 1.33 bits per heavy atom. The van der Waals surface area contributed by atoms with E-state index in [1.165, 1.54) is 0 Å². The van der Waals surface area contributed by atoms with Crippen LogP contribution < -0.4 is 15.2 Å². The van der Waals surface area contributed by atoms with Crippen LogP contribution in [0.5, 0.6) is 11.5 Å². The van der Waals surface area contributed by atoms with Gasteiger partial charge in [0.05, 0.1) is 26.4 Å². The summed E-state index contributed by atoms with van der Waals surface area (Å²) in [6.07, 6.45) is 2.52. The zero-order chi connectivity index (χ0) is 13.6. The Morgan fingerprint density at radius 2 is 2.06 bits per heavy atom. The maximum absolute atomic E-state index is 5.83. The largest absolute Gasteiger partial charge is 0.493 e. The highest BCUT2D eigenvalue weighted by Crippen LogP contribution is 2.30. The minimum Gasteiger partial charge on any atom is -0.493 e. The van der Waals surface area contributed by atoms with Crippen molar-refractivity contribution in [3.8, 4) is 11.5 Å². The molecule has 1 rings (SSSR count). The molecule has 1 aromatic rings. The van der Waals surface area contributed by atoms with Crippen LogP contribution >= 0.6 is 0 Å². The van der Waals surface area contributed by atoms with Crippen LogP contribution in [-0.2, 0) is 11.3 Å². The molecule has 0 amide bonds. The Labute approximate surface area is 108 Å². The molecule has 0 aliphatic heterocycles. The summed E-state index contributed by atoms with van der Waals surface area (Å²) in [5, 5.41) is 0. The van der Waals surface area contributed by atoms with Gasteiger partial charge in [0.1, 0.15) is 5.69 Å². The first kappa shape index (κ1) is 14.7. The maximum Gasteiger partial charge on any atom is 0.184 e. The quantitative estimate of drug-likeness (QED) is 0.803. The minimum absolute atomic E-state index is 0.338. The van der Waals surface area contributed by atoms with Crippen LogP contribution in [0.2, 0.25) is 0 Å². The van der Waals surface area contributed by atoms with Gasteiger partial charge in [0, 0.05) is 18.8 Å². The number of nitrogens with zero attached hydrogens (tertiary/aromatic N) is 1. The van der Waals surface area contributed by atoms with Gasteiger partial charge >= 0.3 is 0 Å². The van der Waals surface area contributed by atoms with Crippen molar-refractivity contribution in [1.82, 2.24) is 4.98 Å². The number of hydrogen-bond donors (Lipinski definition) is 1. The van der Waals surface area contributed by atoms with E-state index >= 15 is 0 Å². The van der Waals surface area contributed by atoms with E-state index in [0.717, 1.165) is 6.42 Å². The summed E-state index contributed by atoms with van der Waals surface area (Å²) in [4.78, 5) is 4.26. The summed E-state index contributed by atoms with van der Waals surface area (Å²) < 4.78 is 16.4. The molecule has 1 atom stereocenters. The predicted molar refractivity (Wildman–Crippen MR) is 69.9 cm³/mol. The molecule has 0 aliphatic carbocycles. The van der Waals surface area contributed by atoms with Gasteiger partial charge in [0.15, 0.2) is 11.5 Å². The first-order valence-electron chi connectivity index (χ1n) is 6.00. The summed E-state index contributed by atoms with van der Waals surface area (Å²) in [5.74, 6) is 1.26. The molecule has 1 heterocycles. The van der Waals surface area contributed by atoms with Gasteiger partial charge in [-0.15, -0.1) is 0 Å². The highest BCUT2D eigenvalue weighted by molar-refractivity contribution is 5.42. The lowest BCUT2D eigenvalue weighted by Crippen LogP contribution is -2.36. The highest BCUT2D eigenvalue weighted by atomic mass is 16.5. The number of hydrogen-bond acceptors (Lipinski definition) is 5. The van der Waals surface area contributed by atoms with E-state index in [1.807, 2.05) is 13.8 Å². The Bertz CT molecular complexity index is 378. The van der Waals surface area contributed by atoms with E-state index in [1.54, 1.807) is 26.5 Å². The molecule has 0 spiro atoms. The molecule has 0 saturated carbocycles. The van der Waals surface area contributed by atoms with Gasteiger partial charge < -0.3 is 19.9 Å². The summed E-state index contributed by atoms with van der Waals surface area (Å²) in [7, 11) is 3.18. The number of methoxy groups -OCH3 is 2. The van der Waals surface area contributed by atoms with E-state index in [2.05, 4.69) is 4.98 Å². The summed E-state index contributed by atoms with van der Waals surface area (Å²) in [5.41, 5.74) is 6.08. The third-order valence-electron chi connectivity index (χ3n) is 3.10. The SMILES string of the molecule is CCC(C)(CN)OCc1nccc(OC)c1OC. The van der Waals surface area contributed by atoms with Crippen molar-refractivity contribution in [3.63, 3.8) is 0 Å². The highest BCUT2D eigenvalue weighted by Gasteiger charge is 2.22. The van der Waals surface area contributed by atoms with Crippen molar-refractivity contribution in [2.45, 2.75) is 32.5 Å². The van der Waals surface area contributed by atoms with E-state index in [0.29, 0.717) is 30.3 Å². The smallest absolute Gasteiger partial charge is 0.184 e. The van der Waals surface area contributed by atoms with Crippen LogP contribution in [0, 0.1) is 0 Å². The molecule has 0 fully saturated rings. The zero-order valence-electron chi connectivity index (χ0n) is 11.5. The second-order valence-electron chi connectivity index (χ2n) is 4.29. The zero-order valence-corrected chi connectivity index (χ0v) is 11.5. The molecular weight excluding hydrogens is 232 g/mol. The Hall–Kier alpha value is -1.33. The fourth-order valence-electron chi connectivity index (χ4n) is 1.50. The molecule has 2 N–H and O–H groups in total. The van der Waals surface area contributed by atoms with Gasteiger partial charge in [0.25, 0.3) is 0 Å². The summed E-state index contributed by atoms with van der Waals surface area (Å²) >= 11 is 0. The molecule has 1 aromatic heterocycles. The van der Waals surface area contributed by atoms with E-state index in [-0.39, 0.29) is 5.60 Å². The van der Waals surface area contributed by atoms with Crippen molar-refractivity contribution in [3.05, 3.63) is 18.0 Å². The molecule has 0 bridgehead atoms. The lowest BCUT2D eigenvalue weighted by molar-refractivity contribution is -0.0408. The third kappa shape index (κ3) is 3.34. The molecule has 5 nitrogen and oxygen atoms in total. The lowest BCUT2D eigenvalue weighted by Gasteiger charge is -2.27. The van der Waals surface area contributed by atoms with Gasteiger partial charge in [-0.05, 0) is 13.3 Å². The second-order valence-corrected chi connectivity index (χ2v) is 4.29. The number of pyridine rings is 1. The summed E-state index contributed by atoms with van der Waals surface area (Å²) in [6, 6.07) is 1.75. The van der Waals surface area contributed by atoms with Crippen LogP contribution in [0.3, 0.4) is 0 Å². The fraction of sp³-hybridized carbons (Fsp3) is 0.615. The van der Waals surface area contributed by atoms with E-state index in [4.69, 9.17) is 19.9 Å². The standard InChI is InChI=1S/C13H22N2O3/c1-5-13(2,9-14)18-8-10-12(17-4)11(16-3)6-7-15-10/h6-7H,5,8-9,14H2,1-4H3. The first-order valence-corrected chi connectivity index (χ1v) is 6.00. The van der Waals surface area contributed by atoms with Crippen LogP contribution in [0.1, 0.15) is 26.0 Å². The van der Waals surface area contributed by atoms with E-state index in [9.17, 15) is 0 Å². The van der Waals surface area contributed by atoms with Crippen molar-refractivity contribution >= 4 is 0 Å². The molecule has 1 unspecified atom stereocenters. The minimum atomic E-state index is -0.338. The maximum atomic E-state index is 5.83. The molecule has 0 saturated heterocycles. The Morgan fingerprint density at radius 3 is 2.56 bits per heavy atom.